The van der Waals surface area contributed by atoms with Crippen molar-refractivity contribution in [1.82, 2.24) is 0 Å². The summed E-state index contributed by atoms with van der Waals surface area (Å²) < 4.78 is 11.5. The van der Waals surface area contributed by atoms with Gasteiger partial charge in [0.25, 0.3) is 0 Å². The van der Waals surface area contributed by atoms with Crippen LogP contribution in [-0.2, 0) is 28.9 Å². The molecule has 0 aromatic heterocycles. The van der Waals surface area contributed by atoms with Crippen molar-refractivity contribution in [2.75, 3.05) is 7.11 Å². The van der Waals surface area contributed by atoms with Crippen molar-refractivity contribution in [3.8, 4) is 17.2 Å². The summed E-state index contributed by atoms with van der Waals surface area (Å²) in [4.78, 5) is 12.9. The molecule has 0 fully saturated rings. The third kappa shape index (κ3) is 6.70. The molecular weight excluding hydrogens is 598 g/mol. The number of carbonyl (C=O) groups is 1. The summed E-state index contributed by atoms with van der Waals surface area (Å²) in [5.41, 5.74) is 7.84. The number of benzene rings is 4. The molecule has 0 aliphatic rings. The molecule has 7 heteroatoms. The highest BCUT2D eigenvalue weighted by atomic mass is 35.5. The Bertz CT molecular complexity index is 1480. The number of ketones is 1. The van der Waals surface area contributed by atoms with Crippen LogP contribution in [0.25, 0.3) is 0 Å². The molecule has 0 N–H and O–H groups in total. The van der Waals surface area contributed by atoms with Crippen LogP contribution in [0.3, 0.4) is 0 Å². The van der Waals surface area contributed by atoms with Gasteiger partial charge in [-0.05, 0) is 95.4 Å². The Morgan fingerprint density at radius 3 is 1.44 bits per heavy atom. The highest BCUT2D eigenvalue weighted by Crippen LogP contribution is 2.40. The molecule has 4 rings (SSSR count). The monoisotopic (exact) mass is 628 g/mol. The van der Waals surface area contributed by atoms with E-state index < -0.39 is 0 Å². The Morgan fingerprint density at radius 1 is 0.659 bits per heavy atom. The van der Waals surface area contributed by atoms with E-state index in [4.69, 9.17) is 55.9 Å². The van der Waals surface area contributed by atoms with E-state index in [2.05, 4.69) is 45.0 Å². The minimum absolute atomic E-state index is 0.0839. The number of methoxy groups -OCH3 is 1. The van der Waals surface area contributed by atoms with E-state index >= 15 is 0 Å². The van der Waals surface area contributed by atoms with Crippen molar-refractivity contribution in [3.05, 3.63) is 123 Å². The molecule has 41 heavy (non-hydrogen) atoms. The minimum atomic E-state index is -0.376. The van der Waals surface area contributed by atoms with Gasteiger partial charge in [0.1, 0.15) is 17.2 Å². The minimum Gasteiger partial charge on any atom is -0.497 e. The lowest BCUT2D eigenvalue weighted by Crippen LogP contribution is -2.21. The topological polar surface area (TPSA) is 35.5 Å². The second-order valence-corrected chi connectivity index (χ2v) is 11.5. The quantitative estimate of drug-likeness (QED) is 0.122. The summed E-state index contributed by atoms with van der Waals surface area (Å²) in [5, 5.41) is 0. The molecule has 4 aromatic rings. The molecule has 4 aromatic carbocycles. The lowest BCUT2D eigenvalue weighted by Gasteiger charge is -2.30. The molecule has 0 amide bonds. The number of hydrogen-bond donors (Lipinski definition) is 0. The molecular formula is C34H32Cl4O3. The fourth-order valence-corrected chi connectivity index (χ4v) is 5.74. The molecule has 0 radical (unpaired) electrons. The van der Waals surface area contributed by atoms with E-state index in [-0.39, 0.29) is 23.0 Å². The maximum atomic E-state index is 12.9. The number of halogens is 4. The number of hydrogen-bond acceptors (Lipinski definition) is 3. The summed E-state index contributed by atoms with van der Waals surface area (Å²) in [6.45, 7) is 6.38. The zero-order valence-electron chi connectivity index (χ0n) is 23.5. The van der Waals surface area contributed by atoms with E-state index in [1.165, 1.54) is 0 Å². The number of ether oxygens (including phenoxy) is 2. The molecule has 0 aliphatic heterocycles. The van der Waals surface area contributed by atoms with Crippen molar-refractivity contribution in [3.63, 3.8) is 0 Å². The van der Waals surface area contributed by atoms with Crippen LogP contribution in [0.4, 0.5) is 0 Å². The van der Waals surface area contributed by atoms with Gasteiger partial charge in [0.2, 0.25) is 0 Å². The van der Waals surface area contributed by atoms with E-state index in [9.17, 15) is 4.79 Å². The second-order valence-electron chi connectivity index (χ2n) is 10.4. The van der Waals surface area contributed by atoms with Gasteiger partial charge in [-0.2, -0.15) is 0 Å². The van der Waals surface area contributed by atoms with Crippen molar-refractivity contribution >= 4 is 52.2 Å². The maximum Gasteiger partial charge on any atom is 0.193 e. The Kier molecular flexibility index (Phi) is 10.3. The van der Waals surface area contributed by atoms with Crippen LogP contribution in [0.5, 0.6) is 17.2 Å². The average Bonchev–Trinajstić information content (AvgIpc) is 3.01. The first-order chi connectivity index (χ1) is 19.7. The average molecular weight is 630 g/mol. The van der Waals surface area contributed by atoms with Crippen molar-refractivity contribution in [1.29, 1.82) is 0 Å². The predicted octanol–water partition coefficient (Wildman–Crippen LogP) is 10.3. The fourth-order valence-electron chi connectivity index (χ4n) is 4.79. The van der Waals surface area contributed by atoms with E-state index in [0.29, 0.717) is 40.1 Å². The maximum absolute atomic E-state index is 12.9. The van der Waals surface area contributed by atoms with Crippen LogP contribution in [0.15, 0.2) is 72.8 Å². The Balaban J connectivity index is 1.65. The van der Waals surface area contributed by atoms with Gasteiger partial charge in [-0.25, -0.2) is 0 Å². The fraction of sp³-hybridized carbons (Fsp3) is 0.265. The van der Waals surface area contributed by atoms with Gasteiger partial charge in [0.05, 0.1) is 18.9 Å². The van der Waals surface area contributed by atoms with Gasteiger partial charge in [-0.3, -0.25) is 4.79 Å². The molecule has 0 bridgehead atoms. The first-order valence-corrected chi connectivity index (χ1v) is 15.3. The molecule has 0 saturated carbocycles. The van der Waals surface area contributed by atoms with E-state index in [0.717, 1.165) is 38.9 Å². The van der Waals surface area contributed by atoms with Crippen LogP contribution in [0, 0.1) is 6.92 Å². The standard InChI is InChI=1S/C34H32Cl4O3/c1-21-24(17-35)13-28(14-25(21)18-36)34(2,3)29-15-26(19-37)33(27(16-29)20-38)41-31-11-7-23(8-12-31)32(39)22-5-9-30(40-4)10-6-22/h5-16H,17-20H2,1-4H3. The third-order valence-electron chi connectivity index (χ3n) is 7.57. The van der Waals surface area contributed by atoms with Crippen LogP contribution in [-0.4, -0.2) is 12.9 Å². The Hall–Kier alpha value is -2.69. The molecule has 214 valence electrons. The predicted molar refractivity (Wildman–Crippen MR) is 171 cm³/mol. The van der Waals surface area contributed by atoms with E-state index in [1.54, 1.807) is 55.6 Å². The molecule has 0 spiro atoms. The van der Waals surface area contributed by atoms with Crippen molar-refractivity contribution in [2.45, 2.75) is 49.7 Å². The summed E-state index contributed by atoms with van der Waals surface area (Å²) in [6, 6.07) is 22.5. The van der Waals surface area contributed by atoms with E-state index in [1.807, 2.05) is 0 Å². The molecule has 0 atom stereocenters. The molecule has 0 unspecified atom stereocenters. The van der Waals surface area contributed by atoms with Crippen molar-refractivity contribution in [2.24, 2.45) is 0 Å². The van der Waals surface area contributed by atoms with Crippen LogP contribution < -0.4 is 9.47 Å². The largest absolute Gasteiger partial charge is 0.497 e. The summed E-state index contributed by atoms with van der Waals surface area (Å²) in [7, 11) is 1.59. The van der Waals surface area contributed by atoms with Crippen molar-refractivity contribution < 1.29 is 14.3 Å². The zero-order valence-corrected chi connectivity index (χ0v) is 26.5. The highest BCUT2D eigenvalue weighted by molar-refractivity contribution is 6.18. The molecule has 0 aliphatic carbocycles. The molecule has 3 nitrogen and oxygen atoms in total. The molecule has 0 heterocycles. The summed E-state index contributed by atoms with van der Waals surface area (Å²) in [5.74, 6) is 3.13. The van der Waals surface area contributed by atoms with Gasteiger partial charge in [0, 0.05) is 39.4 Å². The van der Waals surface area contributed by atoms with Gasteiger partial charge in [0.15, 0.2) is 5.78 Å². The number of alkyl halides is 4. The SMILES string of the molecule is COc1ccc(C(=O)c2ccc(Oc3c(CCl)cc(C(C)(C)c4cc(CCl)c(C)c(CCl)c4)cc3CCl)cc2)cc1. The lowest BCUT2D eigenvalue weighted by atomic mass is 9.75. The van der Waals surface area contributed by atoms with Gasteiger partial charge < -0.3 is 9.47 Å². The first kappa shape index (κ1) is 31.3. The van der Waals surface area contributed by atoms with Gasteiger partial charge in [-0.15, -0.1) is 46.4 Å². The smallest absolute Gasteiger partial charge is 0.193 e. The number of carbonyl (C=O) groups excluding carboxylic acids is 1. The first-order valence-electron chi connectivity index (χ1n) is 13.2. The van der Waals surface area contributed by atoms with Gasteiger partial charge >= 0.3 is 0 Å². The van der Waals surface area contributed by atoms with Crippen LogP contribution >= 0.6 is 46.4 Å². The van der Waals surface area contributed by atoms with Crippen LogP contribution in [0.2, 0.25) is 0 Å². The highest BCUT2D eigenvalue weighted by Gasteiger charge is 2.27. The zero-order chi connectivity index (χ0) is 29.7. The van der Waals surface area contributed by atoms with Crippen LogP contribution in [0.1, 0.15) is 68.7 Å². The Labute approximate surface area is 262 Å². The number of rotatable bonds is 11. The summed E-state index contributed by atoms with van der Waals surface area (Å²) in [6.07, 6.45) is 0. The normalized spacial score (nSPS) is 11.4. The third-order valence-corrected chi connectivity index (χ3v) is 8.73. The summed E-state index contributed by atoms with van der Waals surface area (Å²) >= 11 is 25.5. The Morgan fingerprint density at radius 2 is 1.05 bits per heavy atom. The molecule has 0 saturated heterocycles. The lowest BCUT2D eigenvalue weighted by molar-refractivity contribution is 0.103. The van der Waals surface area contributed by atoms with Gasteiger partial charge in [-0.1, -0.05) is 26.0 Å². The second kappa shape index (κ2) is 13.5.